The van der Waals surface area contributed by atoms with Gasteiger partial charge in [-0.1, -0.05) is 6.07 Å². The molecular weight excluding hydrogens is 387 g/mol. The Bertz CT molecular complexity index is 1260. The van der Waals surface area contributed by atoms with E-state index in [2.05, 4.69) is 10.4 Å². The highest BCUT2D eigenvalue weighted by atomic mass is 19.1. The van der Waals surface area contributed by atoms with E-state index in [0.717, 1.165) is 11.3 Å². The molecule has 2 aromatic carbocycles. The maximum absolute atomic E-state index is 13.2. The topological polar surface area (TPSA) is 77.6 Å². The van der Waals surface area contributed by atoms with Gasteiger partial charge in [0, 0.05) is 36.6 Å². The van der Waals surface area contributed by atoms with E-state index in [1.807, 2.05) is 24.3 Å². The van der Waals surface area contributed by atoms with Crippen LogP contribution in [0.15, 0.2) is 71.8 Å². The fraction of sp³-hybridized carbons (Fsp3) is 0.136. The molecule has 1 N–H and O–H groups in total. The molecule has 4 aromatic rings. The van der Waals surface area contributed by atoms with Gasteiger partial charge in [0.1, 0.15) is 17.1 Å². The number of nitrogens with zero attached hydrogens (tertiary/aromatic N) is 3. The third kappa shape index (κ3) is 3.93. The van der Waals surface area contributed by atoms with Gasteiger partial charge in [0.25, 0.3) is 11.5 Å². The summed E-state index contributed by atoms with van der Waals surface area (Å²) in [6.07, 6.45) is 3.31. The van der Waals surface area contributed by atoms with Crippen LogP contribution in [-0.2, 0) is 6.54 Å². The highest BCUT2D eigenvalue weighted by Crippen LogP contribution is 2.21. The second kappa shape index (κ2) is 8.20. The van der Waals surface area contributed by atoms with E-state index in [4.69, 9.17) is 4.74 Å². The van der Waals surface area contributed by atoms with Crippen molar-refractivity contribution in [2.75, 3.05) is 13.7 Å². The van der Waals surface area contributed by atoms with Crippen molar-refractivity contribution in [3.63, 3.8) is 0 Å². The normalized spacial score (nSPS) is 10.9. The molecule has 30 heavy (non-hydrogen) atoms. The number of hydrogen-bond acceptors (Lipinski definition) is 4. The lowest BCUT2D eigenvalue weighted by atomic mass is 10.1. The van der Waals surface area contributed by atoms with Crippen LogP contribution in [0.1, 0.15) is 10.4 Å². The van der Waals surface area contributed by atoms with Gasteiger partial charge in [-0.3, -0.25) is 9.59 Å². The van der Waals surface area contributed by atoms with Crippen LogP contribution in [0.5, 0.6) is 5.75 Å². The Labute approximate surface area is 171 Å². The molecule has 0 saturated carbocycles. The molecular formula is C22H19FN4O3. The Balaban J connectivity index is 1.49. The Morgan fingerprint density at radius 3 is 2.67 bits per heavy atom. The molecule has 2 heterocycles. The zero-order chi connectivity index (χ0) is 21.1. The summed E-state index contributed by atoms with van der Waals surface area (Å²) in [4.78, 5) is 24.9. The first-order valence-corrected chi connectivity index (χ1v) is 9.32. The first-order valence-electron chi connectivity index (χ1n) is 9.32. The zero-order valence-corrected chi connectivity index (χ0v) is 16.2. The van der Waals surface area contributed by atoms with E-state index in [1.54, 1.807) is 25.6 Å². The number of rotatable bonds is 6. The van der Waals surface area contributed by atoms with Crippen LogP contribution < -0.4 is 15.6 Å². The fourth-order valence-corrected chi connectivity index (χ4v) is 3.13. The lowest BCUT2D eigenvalue weighted by Crippen LogP contribution is -2.31. The molecule has 0 bridgehead atoms. The molecule has 1 amide bonds. The van der Waals surface area contributed by atoms with Crippen LogP contribution in [0.3, 0.4) is 0 Å². The Hall–Kier alpha value is -3.94. The lowest BCUT2D eigenvalue weighted by molar-refractivity contribution is 0.0951. The van der Waals surface area contributed by atoms with Crippen LogP contribution in [0.2, 0.25) is 0 Å². The van der Waals surface area contributed by atoms with Crippen molar-refractivity contribution < 1.29 is 13.9 Å². The number of carbonyl (C=O) groups excluding carboxylic acids is 1. The van der Waals surface area contributed by atoms with Gasteiger partial charge in [0.2, 0.25) is 0 Å². The van der Waals surface area contributed by atoms with Gasteiger partial charge in [0.05, 0.1) is 12.8 Å². The van der Waals surface area contributed by atoms with Crippen molar-refractivity contribution in [1.29, 1.82) is 0 Å². The molecule has 0 spiro atoms. The van der Waals surface area contributed by atoms with E-state index >= 15 is 0 Å². The van der Waals surface area contributed by atoms with E-state index in [9.17, 15) is 14.0 Å². The third-order valence-corrected chi connectivity index (χ3v) is 4.71. The maximum Gasteiger partial charge on any atom is 0.276 e. The summed E-state index contributed by atoms with van der Waals surface area (Å²) in [5.41, 5.74) is 1.99. The summed E-state index contributed by atoms with van der Waals surface area (Å²) in [6, 6.07) is 14.6. The zero-order valence-electron chi connectivity index (χ0n) is 16.2. The molecule has 0 aliphatic heterocycles. The molecule has 0 radical (unpaired) electrons. The number of carbonyl (C=O) groups is 1. The van der Waals surface area contributed by atoms with Gasteiger partial charge in [-0.25, -0.2) is 8.91 Å². The predicted octanol–water partition coefficient (Wildman–Crippen LogP) is 2.74. The summed E-state index contributed by atoms with van der Waals surface area (Å²) in [5, 5.41) is 7.15. The van der Waals surface area contributed by atoms with Gasteiger partial charge < -0.3 is 14.6 Å². The highest BCUT2D eigenvalue weighted by Gasteiger charge is 2.10. The Morgan fingerprint density at radius 1 is 1.13 bits per heavy atom. The summed E-state index contributed by atoms with van der Waals surface area (Å²) >= 11 is 0. The fourth-order valence-electron chi connectivity index (χ4n) is 3.13. The summed E-state index contributed by atoms with van der Waals surface area (Å²) in [6.45, 7) is 0.504. The van der Waals surface area contributed by atoms with Crippen LogP contribution in [-0.4, -0.2) is 33.7 Å². The van der Waals surface area contributed by atoms with E-state index < -0.39 is 11.7 Å². The van der Waals surface area contributed by atoms with Gasteiger partial charge in [-0.05, 0) is 48.5 Å². The second-order valence-electron chi connectivity index (χ2n) is 6.65. The molecule has 0 saturated heterocycles. The largest absolute Gasteiger partial charge is 0.497 e. The van der Waals surface area contributed by atoms with Crippen molar-refractivity contribution >= 4 is 11.4 Å². The number of benzene rings is 2. The smallest absolute Gasteiger partial charge is 0.276 e. The van der Waals surface area contributed by atoms with E-state index in [0.29, 0.717) is 11.2 Å². The molecule has 2 aromatic heterocycles. The van der Waals surface area contributed by atoms with Gasteiger partial charge in [-0.2, -0.15) is 5.10 Å². The minimum Gasteiger partial charge on any atom is -0.497 e. The molecule has 4 rings (SSSR count). The molecule has 0 unspecified atom stereocenters. The van der Waals surface area contributed by atoms with Gasteiger partial charge in [-0.15, -0.1) is 0 Å². The molecule has 152 valence electrons. The summed E-state index contributed by atoms with van der Waals surface area (Å²) in [5.74, 6) is -0.127. The molecule has 0 aliphatic carbocycles. The number of nitrogens with one attached hydrogen (secondary N) is 1. The Morgan fingerprint density at radius 2 is 1.93 bits per heavy atom. The van der Waals surface area contributed by atoms with Crippen LogP contribution in [0.25, 0.3) is 16.8 Å². The summed E-state index contributed by atoms with van der Waals surface area (Å²) in [7, 11) is 1.60. The predicted molar refractivity (Wildman–Crippen MR) is 110 cm³/mol. The van der Waals surface area contributed by atoms with Crippen molar-refractivity contribution in [2.45, 2.75) is 6.54 Å². The number of aromatic nitrogens is 3. The monoisotopic (exact) mass is 406 g/mol. The standard InChI is InChI=1S/C22H19FN4O3/c1-30-18-7-5-15(6-8-18)19-14-20-22(29)26(11-12-27(20)25-19)10-9-24-21(28)16-3-2-4-17(23)13-16/h2-8,11-14H,9-10H2,1H3,(H,24,28). The van der Waals surface area contributed by atoms with Crippen molar-refractivity contribution in [2.24, 2.45) is 0 Å². The number of fused-ring (bicyclic) bond motifs is 1. The number of halogens is 1. The SMILES string of the molecule is COc1ccc(-c2cc3c(=O)n(CCNC(=O)c4cccc(F)c4)ccn3n2)cc1. The molecule has 7 nitrogen and oxygen atoms in total. The highest BCUT2D eigenvalue weighted by molar-refractivity contribution is 5.94. The lowest BCUT2D eigenvalue weighted by Gasteiger charge is -2.08. The summed E-state index contributed by atoms with van der Waals surface area (Å²) < 4.78 is 21.4. The molecule has 0 aliphatic rings. The number of ether oxygens (including phenoxy) is 1. The second-order valence-corrected chi connectivity index (χ2v) is 6.65. The molecule has 0 atom stereocenters. The van der Waals surface area contributed by atoms with E-state index in [1.165, 1.54) is 33.3 Å². The van der Waals surface area contributed by atoms with Gasteiger partial charge >= 0.3 is 0 Å². The van der Waals surface area contributed by atoms with Crippen molar-refractivity contribution in [1.82, 2.24) is 19.5 Å². The first kappa shape index (κ1) is 19.4. The number of hydrogen-bond donors (Lipinski definition) is 1. The quantitative estimate of drug-likeness (QED) is 0.534. The third-order valence-electron chi connectivity index (χ3n) is 4.71. The van der Waals surface area contributed by atoms with Crippen LogP contribution in [0, 0.1) is 5.82 Å². The van der Waals surface area contributed by atoms with E-state index in [-0.39, 0.29) is 24.2 Å². The van der Waals surface area contributed by atoms with Crippen LogP contribution in [0.4, 0.5) is 4.39 Å². The molecule has 0 fully saturated rings. The number of amides is 1. The molecule has 8 heteroatoms. The Kier molecular flexibility index (Phi) is 5.30. The first-order chi connectivity index (χ1) is 14.5. The number of methoxy groups -OCH3 is 1. The average molecular weight is 406 g/mol. The van der Waals surface area contributed by atoms with Crippen molar-refractivity contribution in [3.05, 3.63) is 88.7 Å². The minimum absolute atomic E-state index is 0.218. The average Bonchev–Trinajstić information content (AvgIpc) is 3.20. The van der Waals surface area contributed by atoms with Crippen molar-refractivity contribution in [3.8, 4) is 17.0 Å². The minimum atomic E-state index is -0.474. The van der Waals surface area contributed by atoms with Gasteiger partial charge in [0.15, 0.2) is 0 Å². The van der Waals surface area contributed by atoms with Crippen LogP contribution >= 0.6 is 0 Å². The maximum atomic E-state index is 13.2.